The lowest BCUT2D eigenvalue weighted by atomic mass is 9.47. The second kappa shape index (κ2) is 4.33. The zero-order valence-electron chi connectivity index (χ0n) is 14.3. The Morgan fingerprint density at radius 3 is 2.96 bits per heavy atom. The monoisotopic (exact) mass is 329 g/mol. The quantitative estimate of drug-likeness (QED) is 0.841. The molecule has 128 valence electrons. The number of Topliss-reactive ketones (excluding diaryl/α,β-unsaturated/α-hetero) is 1. The molecule has 2 fully saturated rings. The molecule has 5 atom stereocenters. The minimum Gasteiger partial charge on any atom is -0.493 e. The Bertz CT molecular complexity index is 762. The van der Waals surface area contributed by atoms with E-state index in [1.165, 1.54) is 5.56 Å². The molecule has 2 bridgehead atoms. The summed E-state index contributed by atoms with van der Waals surface area (Å²) in [6, 6.07) is 4.04. The number of piperidine rings is 1. The molecule has 24 heavy (non-hydrogen) atoms. The largest absolute Gasteiger partial charge is 0.493 e. The first-order valence-corrected chi connectivity index (χ1v) is 8.77. The number of ether oxygens (including phenoxy) is 2. The molecule has 1 aromatic carbocycles. The number of ketones is 1. The van der Waals surface area contributed by atoms with Crippen molar-refractivity contribution in [3.8, 4) is 11.5 Å². The predicted octanol–water partition coefficient (Wildman–Crippen LogP) is 1.29. The molecule has 1 saturated heterocycles. The van der Waals surface area contributed by atoms with Crippen molar-refractivity contribution in [3.63, 3.8) is 0 Å². The number of methoxy groups -OCH3 is 1. The van der Waals surface area contributed by atoms with Gasteiger partial charge in [-0.05, 0) is 44.5 Å². The topological polar surface area (TPSA) is 59.0 Å². The molecule has 1 saturated carbocycles. The molecular formula is C19H23NO4. The first-order chi connectivity index (χ1) is 11.4. The summed E-state index contributed by atoms with van der Waals surface area (Å²) in [6.07, 6.45) is 1.45. The third-order valence-corrected chi connectivity index (χ3v) is 7.05. The smallest absolute Gasteiger partial charge is 0.177 e. The number of likely N-dealkylation sites (tertiary alicyclic amines) is 1. The van der Waals surface area contributed by atoms with Gasteiger partial charge in [0.1, 0.15) is 0 Å². The molecular weight excluding hydrogens is 306 g/mol. The van der Waals surface area contributed by atoms with Gasteiger partial charge >= 0.3 is 0 Å². The summed E-state index contributed by atoms with van der Waals surface area (Å²) < 4.78 is 11.7. The van der Waals surface area contributed by atoms with Crippen molar-refractivity contribution in [2.75, 3.05) is 20.7 Å². The molecule has 5 nitrogen and oxygen atoms in total. The van der Waals surface area contributed by atoms with Gasteiger partial charge < -0.3 is 19.5 Å². The highest BCUT2D eigenvalue weighted by molar-refractivity contribution is 5.91. The Morgan fingerprint density at radius 2 is 2.21 bits per heavy atom. The van der Waals surface area contributed by atoms with Crippen LogP contribution in [0.15, 0.2) is 12.1 Å². The van der Waals surface area contributed by atoms with Crippen molar-refractivity contribution in [2.24, 2.45) is 5.92 Å². The van der Waals surface area contributed by atoms with Gasteiger partial charge in [-0.3, -0.25) is 4.79 Å². The van der Waals surface area contributed by atoms with Crippen molar-refractivity contribution in [1.29, 1.82) is 0 Å². The average Bonchev–Trinajstić information content (AvgIpc) is 2.90. The Hall–Kier alpha value is -1.59. The lowest BCUT2D eigenvalue weighted by Crippen LogP contribution is -2.77. The maximum absolute atomic E-state index is 13.0. The molecule has 4 aliphatic rings. The van der Waals surface area contributed by atoms with Gasteiger partial charge in [-0.1, -0.05) is 13.0 Å². The van der Waals surface area contributed by atoms with Crippen molar-refractivity contribution in [1.82, 2.24) is 4.90 Å². The number of hydrogen-bond donors (Lipinski definition) is 1. The van der Waals surface area contributed by atoms with Crippen LogP contribution in [0.4, 0.5) is 0 Å². The van der Waals surface area contributed by atoms with Crippen molar-refractivity contribution < 1.29 is 19.4 Å². The van der Waals surface area contributed by atoms with Crippen LogP contribution in [0.5, 0.6) is 11.5 Å². The van der Waals surface area contributed by atoms with E-state index in [-0.39, 0.29) is 17.7 Å². The first-order valence-electron chi connectivity index (χ1n) is 8.77. The van der Waals surface area contributed by atoms with Crippen molar-refractivity contribution in [3.05, 3.63) is 23.3 Å². The van der Waals surface area contributed by atoms with Crippen LogP contribution < -0.4 is 9.47 Å². The second-order valence-electron chi connectivity index (χ2n) is 7.98. The molecule has 0 aromatic heterocycles. The molecule has 1 spiro atoms. The number of carbonyl (C=O) groups is 1. The van der Waals surface area contributed by atoms with Crippen LogP contribution in [0.3, 0.4) is 0 Å². The van der Waals surface area contributed by atoms with E-state index < -0.39 is 17.1 Å². The van der Waals surface area contributed by atoms with E-state index in [0.29, 0.717) is 17.9 Å². The Labute approximate surface area is 141 Å². The summed E-state index contributed by atoms with van der Waals surface area (Å²) in [5, 5.41) is 11.9. The number of nitrogens with zero attached hydrogens (tertiary/aromatic N) is 1. The van der Waals surface area contributed by atoms with Crippen LogP contribution in [0.1, 0.15) is 30.9 Å². The standard InChI is InChI=1S/C19H23NO4/c1-10-9-19(22)13-8-11-4-5-12(23-3)16-14(11)18(19,6-7-20(13)2)17(24-16)15(10)21/h4-5,10,13,17,22H,6-9H2,1-3H3/t10?,13-,17+,18+,19-/m1/s1. The fourth-order valence-corrected chi connectivity index (χ4v) is 5.96. The van der Waals surface area contributed by atoms with E-state index in [4.69, 9.17) is 9.47 Å². The number of likely N-dealkylation sites (N-methyl/N-ethyl adjacent to an activating group) is 1. The lowest BCUT2D eigenvalue weighted by molar-refractivity contribution is -0.193. The first kappa shape index (κ1) is 14.7. The Kier molecular flexibility index (Phi) is 2.65. The van der Waals surface area contributed by atoms with Gasteiger partial charge in [-0.25, -0.2) is 0 Å². The summed E-state index contributed by atoms with van der Waals surface area (Å²) in [6.45, 7) is 2.78. The minimum atomic E-state index is -0.928. The van der Waals surface area contributed by atoms with Crippen LogP contribution in [0.25, 0.3) is 0 Å². The average molecular weight is 329 g/mol. The highest BCUT2D eigenvalue weighted by atomic mass is 16.5. The third-order valence-electron chi connectivity index (χ3n) is 7.05. The zero-order chi connectivity index (χ0) is 16.9. The summed E-state index contributed by atoms with van der Waals surface area (Å²) in [5.74, 6) is 1.28. The molecule has 2 aliphatic carbocycles. The van der Waals surface area contributed by atoms with Crippen molar-refractivity contribution in [2.45, 2.75) is 49.3 Å². The van der Waals surface area contributed by atoms with E-state index in [1.807, 2.05) is 13.0 Å². The SMILES string of the molecule is COc1ccc2c3c1O[C@H]1C(=O)C(C)C[C@@]4(O)[C@@H](C2)N(C)CC[C@]314. The summed E-state index contributed by atoms with van der Waals surface area (Å²) in [7, 11) is 3.70. The van der Waals surface area contributed by atoms with Gasteiger partial charge in [0.2, 0.25) is 0 Å². The highest BCUT2D eigenvalue weighted by Gasteiger charge is 2.73. The van der Waals surface area contributed by atoms with Gasteiger partial charge in [-0.15, -0.1) is 0 Å². The van der Waals surface area contributed by atoms with Gasteiger partial charge in [-0.2, -0.15) is 0 Å². The van der Waals surface area contributed by atoms with Crippen LogP contribution in [-0.2, 0) is 16.6 Å². The summed E-state index contributed by atoms with van der Waals surface area (Å²) in [5.41, 5.74) is 0.684. The highest BCUT2D eigenvalue weighted by Crippen LogP contribution is 2.65. The normalized spacial score (nSPS) is 42.5. The molecule has 0 radical (unpaired) electrons. The van der Waals surface area contributed by atoms with Gasteiger partial charge in [0.25, 0.3) is 0 Å². The molecule has 2 heterocycles. The van der Waals surface area contributed by atoms with Crippen LogP contribution in [-0.4, -0.2) is 54.2 Å². The van der Waals surface area contributed by atoms with Crippen LogP contribution >= 0.6 is 0 Å². The number of benzene rings is 1. The second-order valence-corrected chi connectivity index (χ2v) is 7.98. The van der Waals surface area contributed by atoms with E-state index in [0.717, 1.165) is 24.9 Å². The summed E-state index contributed by atoms with van der Waals surface area (Å²) in [4.78, 5) is 15.2. The fraction of sp³-hybridized carbons (Fsp3) is 0.632. The number of carbonyl (C=O) groups excluding carboxylic acids is 1. The lowest BCUT2D eigenvalue weighted by Gasteiger charge is -2.62. The molecule has 5 rings (SSSR count). The molecule has 1 unspecified atom stereocenters. The minimum absolute atomic E-state index is 0.0275. The molecule has 0 amide bonds. The third kappa shape index (κ3) is 1.35. The molecule has 2 aliphatic heterocycles. The van der Waals surface area contributed by atoms with E-state index in [1.54, 1.807) is 7.11 Å². The zero-order valence-corrected chi connectivity index (χ0v) is 14.3. The predicted molar refractivity (Wildman–Crippen MR) is 87.6 cm³/mol. The Balaban J connectivity index is 1.85. The maximum Gasteiger partial charge on any atom is 0.177 e. The van der Waals surface area contributed by atoms with Crippen LogP contribution in [0, 0.1) is 5.92 Å². The van der Waals surface area contributed by atoms with E-state index in [9.17, 15) is 9.90 Å². The number of rotatable bonds is 1. The molecule has 1 aromatic rings. The molecule has 5 heteroatoms. The number of hydrogen-bond acceptors (Lipinski definition) is 5. The fourth-order valence-electron chi connectivity index (χ4n) is 5.96. The Morgan fingerprint density at radius 1 is 1.42 bits per heavy atom. The molecule has 1 N–H and O–H groups in total. The van der Waals surface area contributed by atoms with Crippen LogP contribution in [0.2, 0.25) is 0 Å². The van der Waals surface area contributed by atoms with Crippen molar-refractivity contribution >= 4 is 5.78 Å². The van der Waals surface area contributed by atoms with Gasteiger partial charge in [0.05, 0.1) is 18.1 Å². The van der Waals surface area contributed by atoms with E-state index in [2.05, 4.69) is 18.0 Å². The summed E-state index contributed by atoms with van der Waals surface area (Å²) >= 11 is 0. The van der Waals surface area contributed by atoms with Gasteiger partial charge in [0.15, 0.2) is 23.4 Å². The van der Waals surface area contributed by atoms with Gasteiger partial charge in [0, 0.05) is 17.5 Å². The number of aliphatic hydroxyl groups is 1. The maximum atomic E-state index is 13.0. The van der Waals surface area contributed by atoms with E-state index >= 15 is 0 Å².